The Hall–Kier alpha value is -3.40. The number of rotatable bonds is 3. The van der Waals surface area contributed by atoms with E-state index in [0.29, 0.717) is 5.56 Å². The molecule has 0 amide bonds. The van der Waals surface area contributed by atoms with E-state index < -0.39 is 4.92 Å². The molecule has 7 heteroatoms. The third-order valence-corrected chi connectivity index (χ3v) is 4.87. The van der Waals surface area contributed by atoms with Gasteiger partial charge in [-0.05, 0) is 31.0 Å². The van der Waals surface area contributed by atoms with Crippen LogP contribution in [0.1, 0.15) is 30.1 Å². The first-order chi connectivity index (χ1) is 12.7. The zero-order valence-electron chi connectivity index (χ0n) is 14.1. The molecule has 1 aliphatic heterocycles. The highest BCUT2D eigenvalue weighted by Crippen LogP contribution is 2.32. The third kappa shape index (κ3) is 2.86. The van der Waals surface area contributed by atoms with Crippen LogP contribution in [0.5, 0.6) is 0 Å². The number of aromatic nitrogens is 2. The van der Waals surface area contributed by atoms with Crippen LogP contribution in [-0.4, -0.2) is 28.0 Å². The highest BCUT2D eigenvalue weighted by atomic mass is 16.6. The lowest BCUT2D eigenvalue weighted by Crippen LogP contribution is -2.35. The molecule has 1 N–H and O–H groups in total. The quantitative estimate of drug-likeness (QED) is 0.575. The van der Waals surface area contributed by atoms with E-state index in [1.54, 1.807) is 6.07 Å². The minimum Gasteiger partial charge on any atom is -0.370 e. The molecule has 3 aromatic rings. The Kier molecular flexibility index (Phi) is 4.01. The number of nitrogens with zero attached hydrogens (tertiary/aromatic N) is 4. The number of hydrogen-bond donors (Lipinski definition) is 1. The monoisotopic (exact) mass is 347 g/mol. The number of nitrogens with one attached hydrogen (secondary N) is 1. The maximum Gasteiger partial charge on any atom is 0.270 e. The van der Waals surface area contributed by atoms with Gasteiger partial charge in [0.05, 0.1) is 27.2 Å². The molecule has 26 heavy (non-hydrogen) atoms. The summed E-state index contributed by atoms with van der Waals surface area (Å²) < 4.78 is 0. The molecule has 0 radical (unpaired) electrons. The van der Waals surface area contributed by atoms with Crippen molar-refractivity contribution in [3.63, 3.8) is 0 Å². The molecule has 2 aromatic carbocycles. The van der Waals surface area contributed by atoms with Gasteiger partial charge in [-0.2, -0.15) is 5.26 Å². The molecule has 1 aliphatic rings. The number of para-hydroxylation sites is 2. The number of anilines is 1. The van der Waals surface area contributed by atoms with Crippen molar-refractivity contribution in [2.24, 2.45) is 0 Å². The molecule has 0 saturated carbocycles. The molecule has 1 aromatic heterocycles. The van der Waals surface area contributed by atoms with Crippen LogP contribution < -0.4 is 4.90 Å². The lowest BCUT2D eigenvalue weighted by atomic mass is 9.96. The first kappa shape index (κ1) is 16.1. The van der Waals surface area contributed by atoms with Gasteiger partial charge in [-0.1, -0.05) is 12.1 Å². The van der Waals surface area contributed by atoms with E-state index in [0.717, 1.165) is 48.5 Å². The molecule has 130 valence electrons. The molecule has 1 atom stereocenters. The second-order valence-corrected chi connectivity index (χ2v) is 6.49. The van der Waals surface area contributed by atoms with Crippen LogP contribution in [-0.2, 0) is 0 Å². The normalized spacial score (nSPS) is 17.2. The molecule has 1 fully saturated rings. The Labute approximate surface area is 150 Å². The van der Waals surface area contributed by atoms with E-state index in [9.17, 15) is 15.4 Å². The van der Waals surface area contributed by atoms with Gasteiger partial charge < -0.3 is 9.88 Å². The molecule has 1 saturated heterocycles. The van der Waals surface area contributed by atoms with Gasteiger partial charge in [-0.3, -0.25) is 10.1 Å². The summed E-state index contributed by atoms with van der Waals surface area (Å²) >= 11 is 0. The van der Waals surface area contributed by atoms with E-state index in [-0.39, 0.29) is 11.6 Å². The zero-order valence-corrected chi connectivity index (χ0v) is 14.1. The van der Waals surface area contributed by atoms with Gasteiger partial charge in [-0.25, -0.2) is 4.98 Å². The van der Waals surface area contributed by atoms with Crippen LogP contribution in [0.4, 0.5) is 11.4 Å². The second kappa shape index (κ2) is 6.48. The van der Waals surface area contributed by atoms with Gasteiger partial charge in [0.25, 0.3) is 5.69 Å². The molecule has 0 bridgehead atoms. The number of hydrogen-bond acceptors (Lipinski definition) is 5. The Morgan fingerprint density at radius 2 is 2.15 bits per heavy atom. The smallest absolute Gasteiger partial charge is 0.270 e. The van der Waals surface area contributed by atoms with E-state index >= 15 is 0 Å². The van der Waals surface area contributed by atoms with Crippen molar-refractivity contribution < 1.29 is 4.92 Å². The number of imidazole rings is 1. The number of nitro groups is 1. The average Bonchev–Trinajstić information content (AvgIpc) is 3.12. The number of fused-ring (bicyclic) bond motifs is 1. The summed E-state index contributed by atoms with van der Waals surface area (Å²) in [5.74, 6) is 1.19. The number of nitro benzene ring substituents is 1. The van der Waals surface area contributed by atoms with Crippen LogP contribution in [0.25, 0.3) is 11.0 Å². The summed E-state index contributed by atoms with van der Waals surface area (Å²) in [6.45, 7) is 1.55. The van der Waals surface area contributed by atoms with Crippen LogP contribution in [0, 0.1) is 21.4 Å². The fourth-order valence-electron chi connectivity index (χ4n) is 3.59. The second-order valence-electron chi connectivity index (χ2n) is 6.49. The van der Waals surface area contributed by atoms with Crippen LogP contribution in [0.15, 0.2) is 42.5 Å². The largest absolute Gasteiger partial charge is 0.370 e. The molecule has 4 rings (SSSR count). The summed E-state index contributed by atoms with van der Waals surface area (Å²) in [7, 11) is 0. The minimum atomic E-state index is -0.474. The fourth-order valence-corrected chi connectivity index (χ4v) is 3.59. The molecule has 0 unspecified atom stereocenters. The zero-order chi connectivity index (χ0) is 18.1. The average molecular weight is 347 g/mol. The molecule has 2 heterocycles. The van der Waals surface area contributed by atoms with Gasteiger partial charge in [0.15, 0.2) is 0 Å². The standard InChI is InChI=1S/C19H17N5O2/c20-11-14-10-15(24(25)26)7-8-18(14)23-9-3-4-13(12-23)19-21-16-5-1-2-6-17(16)22-19/h1-2,5-8,10,13H,3-4,9,12H2,(H,21,22)/t13-/m0/s1. The van der Waals surface area contributed by atoms with Crippen LogP contribution in [0.2, 0.25) is 0 Å². The SMILES string of the molecule is N#Cc1cc([N+](=O)[O-])ccc1N1CCC[C@H](c2nc3ccccc3[nH]2)C1. The number of non-ortho nitro benzene ring substituents is 1. The van der Waals surface area contributed by atoms with Gasteiger partial charge in [-0.15, -0.1) is 0 Å². The molecular weight excluding hydrogens is 330 g/mol. The summed E-state index contributed by atoms with van der Waals surface area (Å²) in [6, 6.07) is 14.5. The summed E-state index contributed by atoms with van der Waals surface area (Å²) in [6.07, 6.45) is 1.99. The van der Waals surface area contributed by atoms with E-state index in [4.69, 9.17) is 4.98 Å². The first-order valence-corrected chi connectivity index (χ1v) is 8.54. The van der Waals surface area contributed by atoms with Gasteiger partial charge in [0.1, 0.15) is 11.9 Å². The Morgan fingerprint density at radius 3 is 2.92 bits per heavy atom. The number of nitriles is 1. The van der Waals surface area contributed by atoms with E-state index in [1.165, 1.54) is 12.1 Å². The van der Waals surface area contributed by atoms with E-state index in [1.807, 2.05) is 24.3 Å². The highest BCUT2D eigenvalue weighted by molar-refractivity contribution is 5.75. The van der Waals surface area contributed by atoms with Crippen molar-refractivity contribution in [2.45, 2.75) is 18.8 Å². The maximum absolute atomic E-state index is 10.9. The van der Waals surface area contributed by atoms with Gasteiger partial charge in [0.2, 0.25) is 0 Å². The summed E-state index contributed by atoms with van der Waals surface area (Å²) in [5.41, 5.74) is 3.00. The molecular formula is C19H17N5O2. The van der Waals surface area contributed by atoms with Crippen LogP contribution in [0.3, 0.4) is 0 Å². The van der Waals surface area contributed by atoms with Crippen molar-refractivity contribution >= 4 is 22.4 Å². The predicted octanol–water partition coefficient (Wildman–Crippen LogP) is 3.73. The maximum atomic E-state index is 10.9. The fraction of sp³-hybridized carbons (Fsp3) is 0.263. The van der Waals surface area contributed by atoms with E-state index in [2.05, 4.69) is 16.0 Å². The molecule has 0 spiro atoms. The lowest BCUT2D eigenvalue weighted by molar-refractivity contribution is -0.384. The minimum absolute atomic E-state index is 0.0591. The third-order valence-electron chi connectivity index (χ3n) is 4.87. The van der Waals surface area contributed by atoms with Crippen molar-refractivity contribution in [1.29, 1.82) is 5.26 Å². The van der Waals surface area contributed by atoms with Crippen molar-refractivity contribution in [3.05, 3.63) is 64.0 Å². The first-order valence-electron chi connectivity index (χ1n) is 8.54. The Balaban J connectivity index is 1.62. The number of piperidine rings is 1. The number of benzene rings is 2. The van der Waals surface area contributed by atoms with Crippen molar-refractivity contribution in [1.82, 2.24) is 9.97 Å². The number of aromatic amines is 1. The highest BCUT2D eigenvalue weighted by Gasteiger charge is 2.26. The summed E-state index contributed by atoms with van der Waals surface area (Å²) in [4.78, 5) is 20.7. The Bertz CT molecular complexity index is 987. The van der Waals surface area contributed by atoms with Gasteiger partial charge >= 0.3 is 0 Å². The van der Waals surface area contributed by atoms with Crippen molar-refractivity contribution in [3.8, 4) is 6.07 Å². The summed E-state index contributed by atoms with van der Waals surface area (Å²) in [5, 5.41) is 20.4. The predicted molar refractivity (Wildman–Crippen MR) is 98.1 cm³/mol. The molecule has 7 nitrogen and oxygen atoms in total. The molecule has 0 aliphatic carbocycles. The lowest BCUT2D eigenvalue weighted by Gasteiger charge is -2.34. The topological polar surface area (TPSA) is 98.8 Å². The number of H-pyrrole nitrogens is 1. The Morgan fingerprint density at radius 1 is 1.31 bits per heavy atom. The van der Waals surface area contributed by atoms with Crippen molar-refractivity contribution in [2.75, 3.05) is 18.0 Å². The van der Waals surface area contributed by atoms with Crippen LogP contribution >= 0.6 is 0 Å². The van der Waals surface area contributed by atoms with Gasteiger partial charge in [0, 0.05) is 31.1 Å².